The highest BCUT2D eigenvalue weighted by molar-refractivity contribution is 4.84. The zero-order chi connectivity index (χ0) is 8.43. The van der Waals surface area contributed by atoms with Crippen molar-refractivity contribution < 1.29 is 0 Å². The second kappa shape index (κ2) is 3.57. The molecule has 1 heteroatoms. The highest BCUT2D eigenvalue weighted by Crippen LogP contribution is 2.26. The van der Waals surface area contributed by atoms with E-state index in [2.05, 4.69) is 32.6 Å². The van der Waals surface area contributed by atoms with Crippen molar-refractivity contribution in [2.45, 2.75) is 52.6 Å². The molecule has 0 aliphatic carbocycles. The van der Waals surface area contributed by atoms with Gasteiger partial charge in [0, 0.05) is 18.6 Å². The standard InChI is InChI=1S/C10H21N/c1-5-10-6-9(4)7-11(10)8(2)3/h8-10H,5-7H2,1-4H3. The van der Waals surface area contributed by atoms with Crippen LogP contribution in [0.3, 0.4) is 0 Å². The van der Waals surface area contributed by atoms with Gasteiger partial charge in [-0.05, 0) is 32.6 Å². The fourth-order valence-corrected chi connectivity index (χ4v) is 2.22. The van der Waals surface area contributed by atoms with E-state index in [1.54, 1.807) is 0 Å². The van der Waals surface area contributed by atoms with E-state index in [9.17, 15) is 0 Å². The maximum atomic E-state index is 2.64. The normalized spacial score (nSPS) is 33.5. The van der Waals surface area contributed by atoms with Gasteiger partial charge in [0.2, 0.25) is 0 Å². The molecule has 0 aromatic rings. The molecule has 0 spiro atoms. The Bertz CT molecular complexity index is 120. The van der Waals surface area contributed by atoms with Gasteiger partial charge in [0.25, 0.3) is 0 Å². The van der Waals surface area contributed by atoms with Gasteiger partial charge in [-0.15, -0.1) is 0 Å². The zero-order valence-corrected chi connectivity index (χ0v) is 8.30. The fraction of sp³-hybridized carbons (Fsp3) is 1.00. The molecule has 0 aromatic carbocycles. The maximum absolute atomic E-state index is 2.64. The van der Waals surface area contributed by atoms with Crippen molar-refractivity contribution in [3.05, 3.63) is 0 Å². The first-order valence-corrected chi connectivity index (χ1v) is 4.90. The predicted octanol–water partition coefficient (Wildman–Crippen LogP) is 2.52. The van der Waals surface area contributed by atoms with Gasteiger partial charge in [0.15, 0.2) is 0 Å². The van der Waals surface area contributed by atoms with Crippen LogP contribution in [-0.2, 0) is 0 Å². The van der Waals surface area contributed by atoms with Gasteiger partial charge < -0.3 is 0 Å². The number of hydrogen-bond acceptors (Lipinski definition) is 1. The summed E-state index contributed by atoms with van der Waals surface area (Å²) in [6.45, 7) is 10.6. The molecule has 66 valence electrons. The average molecular weight is 155 g/mol. The Balaban J connectivity index is 2.50. The van der Waals surface area contributed by atoms with Crippen LogP contribution in [0.2, 0.25) is 0 Å². The van der Waals surface area contributed by atoms with Gasteiger partial charge >= 0.3 is 0 Å². The number of nitrogens with zero attached hydrogens (tertiary/aromatic N) is 1. The first-order valence-electron chi connectivity index (χ1n) is 4.90. The topological polar surface area (TPSA) is 3.24 Å². The second-order valence-electron chi connectivity index (χ2n) is 4.19. The maximum Gasteiger partial charge on any atom is 0.00984 e. The third-order valence-corrected chi connectivity index (χ3v) is 2.80. The first-order chi connectivity index (χ1) is 5.15. The van der Waals surface area contributed by atoms with Crippen molar-refractivity contribution in [2.75, 3.05) is 6.54 Å². The monoisotopic (exact) mass is 155 g/mol. The molecule has 0 amide bonds. The van der Waals surface area contributed by atoms with Crippen LogP contribution in [-0.4, -0.2) is 23.5 Å². The smallest absolute Gasteiger partial charge is 0.00984 e. The van der Waals surface area contributed by atoms with Crippen LogP contribution >= 0.6 is 0 Å². The molecule has 1 aliphatic rings. The summed E-state index contributed by atoms with van der Waals surface area (Å²) in [4.78, 5) is 2.64. The lowest BCUT2D eigenvalue weighted by Gasteiger charge is -2.27. The molecule has 1 heterocycles. The van der Waals surface area contributed by atoms with Crippen molar-refractivity contribution in [3.63, 3.8) is 0 Å². The average Bonchev–Trinajstić information content (AvgIpc) is 2.30. The fourth-order valence-electron chi connectivity index (χ4n) is 2.22. The van der Waals surface area contributed by atoms with Gasteiger partial charge in [-0.3, -0.25) is 4.90 Å². The number of hydrogen-bond donors (Lipinski definition) is 0. The zero-order valence-electron chi connectivity index (χ0n) is 8.30. The molecule has 1 fully saturated rings. The Labute approximate surface area is 70.8 Å². The van der Waals surface area contributed by atoms with Gasteiger partial charge in [-0.25, -0.2) is 0 Å². The Kier molecular flexibility index (Phi) is 2.94. The molecule has 1 aliphatic heterocycles. The van der Waals surface area contributed by atoms with Crippen LogP contribution < -0.4 is 0 Å². The lowest BCUT2D eigenvalue weighted by Crippen LogP contribution is -2.35. The minimum absolute atomic E-state index is 0.741. The van der Waals surface area contributed by atoms with E-state index in [4.69, 9.17) is 0 Å². The van der Waals surface area contributed by atoms with E-state index in [1.165, 1.54) is 19.4 Å². The lowest BCUT2D eigenvalue weighted by molar-refractivity contribution is 0.197. The molecule has 0 N–H and O–H groups in total. The van der Waals surface area contributed by atoms with E-state index < -0.39 is 0 Å². The molecule has 0 aromatic heterocycles. The molecule has 2 unspecified atom stereocenters. The molecule has 0 saturated carbocycles. The third-order valence-electron chi connectivity index (χ3n) is 2.80. The quantitative estimate of drug-likeness (QED) is 0.592. The summed E-state index contributed by atoms with van der Waals surface area (Å²) in [6.07, 6.45) is 2.73. The second-order valence-corrected chi connectivity index (χ2v) is 4.19. The van der Waals surface area contributed by atoms with Gasteiger partial charge in [-0.2, -0.15) is 0 Å². The van der Waals surface area contributed by atoms with E-state index in [-0.39, 0.29) is 0 Å². The van der Waals surface area contributed by atoms with Crippen molar-refractivity contribution in [2.24, 2.45) is 5.92 Å². The largest absolute Gasteiger partial charge is 0.298 e. The van der Waals surface area contributed by atoms with E-state index in [1.807, 2.05) is 0 Å². The van der Waals surface area contributed by atoms with Crippen molar-refractivity contribution >= 4 is 0 Å². The Morgan fingerprint density at radius 2 is 2.09 bits per heavy atom. The summed E-state index contributed by atoms with van der Waals surface area (Å²) in [5, 5.41) is 0. The highest BCUT2D eigenvalue weighted by Gasteiger charge is 2.29. The summed E-state index contributed by atoms with van der Waals surface area (Å²) < 4.78 is 0. The summed E-state index contributed by atoms with van der Waals surface area (Å²) in [5.41, 5.74) is 0. The van der Waals surface area contributed by atoms with E-state index in [0.717, 1.165) is 18.0 Å². The highest BCUT2D eigenvalue weighted by atomic mass is 15.2. The Morgan fingerprint density at radius 1 is 1.45 bits per heavy atom. The van der Waals surface area contributed by atoms with Gasteiger partial charge in [0.1, 0.15) is 0 Å². The van der Waals surface area contributed by atoms with Crippen LogP contribution in [0.15, 0.2) is 0 Å². The van der Waals surface area contributed by atoms with E-state index >= 15 is 0 Å². The Hall–Kier alpha value is -0.0400. The molecule has 1 rings (SSSR count). The lowest BCUT2D eigenvalue weighted by atomic mass is 10.1. The molecule has 1 nitrogen and oxygen atoms in total. The molecule has 0 radical (unpaired) electrons. The molecule has 1 saturated heterocycles. The minimum Gasteiger partial charge on any atom is -0.298 e. The summed E-state index contributed by atoms with van der Waals surface area (Å²) in [5.74, 6) is 0.919. The van der Waals surface area contributed by atoms with Crippen molar-refractivity contribution in [1.82, 2.24) is 4.90 Å². The summed E-state index contributed by atoms with van der Waals surface area (Å²) >= 11 is 0. The Morgan fingerprint density at radius 3 is 2.45 bits per heavy atom. The van der Waals surface area contributed by atoms with Crippen LogP contribution in [0.25, 0.3) is 0 Å². The number of rotatable bonds is 2. The van der Waals surface area contributed by atoms with Crippen LogP contribution in [0.4, 0.5) is 0 Å². The van der Waals surface area contributed by atoms with Gasteiger partial charge in [-0.1, -0.05) is 13.8 Å². The SMILES string of the molecule is CCC1CC(C)CN1C(C)C. The predicted molar refractivity (Wildman–Crippen MR) is 49.7 cm³/mol. The molecule has 0 bridgehead atoms. The number of likely N-dealkylation sites (tertiary alicyclic amines) is 1. The minimum atomic E-state index is 0.741. The molecule has 2 atom stereocenters. The van der Waals surface area contributed by atoms with Crippen molar-refractivity contribution in [3.8, 4) is 0 Å². The van der Waals surface area contributed by atoms with Crippen LogP contribution in [0.1, 0.15) is 40.5 Å². The van der Waals surface area contributed by atoms with Crippen LogP contribution in [0.5, 0.6) is 0 Å². The summed E-state index contributed by atoms with van der Waals surface area (Å²) in [7, 11) is 0. The van der Waals surface area contributed by atoms with E-state index in [0.29, 0.717) is 0 Å². The van der Waals surface area contributed by atoms with Gasteiger partial charge in [0.05, 0.1) is 0 Å². The molecular formula is C10H21N. The van der Waals surface area contributed by atoms with Crippen LogP contribution in [0, 0.1) is 5.92 Å². The first kappa shape index (κ1) is 9.05. The summed E-state index contributed by atoms with van der Waals surface area (Å²) in [6, 6.07) is 1.61. The molecule has 11 heavy (non-hydrogen) atoms. The van der Waals surface area contributed by atoms with Crippen molar-refractivity contribution in [1.29, 1.82) is 0 Å². The molecular weight excluding hydrogens is 134 g/mol. The third kappa shape index (κ3) is 1.96.